The topological polar surface area (TPSA) is 77.4 Å². The Balaban J connectivity index is 0.00000169. The van der Waals surface area contributed by atoms with E-state index in [0.717, 1.165) is 0 Å². The Morgan fingerprint density at radius 3 is 1.71 bits per heavy atom. The molecule has 0 aromatic rings. The van der Waals surface area contributed by atoms with E-state index in [1.165, 1.54) is 0 Å². The van der Waals surface area contributed by atoms with E-state index in [4.69, 9.17) is 0 Å². The fraction of sp³-hybridized carbons (Fsp3) is 0.222. The van der Waals surface area contributed by atoms with Crippen LogP contribution in [0.3, 0.4) is 0 Å². The number of rotatable bonds is 1. The van der Waals surface area contributed by atoms with Crippen LogP contribution >= 0.6 is 0 Å². The van der Waals surface area contributed by atoms with Crippen molar-refractivity contribution in [1.29, 1.82) is 0 Å². The summed E-state index contributed by atoms with van der Waals surface area (Å²) in [5.41, 5.74) is 1.05. The first kappa shape index (κ1) is 18.5. The zero-order valence-electron chi connectivity index (χ0n) is 13.7. The van der Waals surface area contributed by atoms with Crippen molar-refractivity contribution in [1.82, 2.24) is 0 Å². The first-order chi connectivity index (χ1) is 10.8. The van der Waals surface area contributed by atoms with Crippen LogP contribution in [0, 0.1) is 0 Å². The summed E-state index contributed by atoms with van der Waals surface area (Å²) in [5, 5.41) is 11.6. The minimum atomic E-state index is -4.89. The summed E-state index contributed by atoms with van der Waals surface area (Å²) in [4.78, 5) is 0. The zero-order valence-corrected chi connectivity index (χ0v) is 17.6. The number of hydrogen-bond donors (Lipinski definition) is 1. The molecule has 0 fully saturated rings. The second-order valence-electron chi connectivity index (χ2n) is 6.19. The third-order valence-corrected chi connectivity index (χ3v) is 6.80. The predicted octanol–water partition coefficient (Wildman–Crippen LogP) is -0.786. The van der Waals surface area contributed by atoms with E-state index in [1.54, 1.807) is 62.5 Å². The van der Waals surface area contributed by atoms with Gasteiger partial charge < -0.3 is 9.66 Å². The minimum absolute atomic E-state index is 0. The molecule has 24 heavy (non-hydrogen) atoms. The van der Waals surface area contributed by atoms with Crippen molar-refractivity contribution in [3.05, 3.63) is 82.0 Å². The summed E-state index contributed by atoms with van der Waals surface area (Å²) in [5.74, 6) is 0. The third kappa shape index (κ3) is 1.81. The summed E-state index contributed by atoms with van der Waals surface area (Å²) >= 11 is 0. The molecule has 0 aromatic heterocycles. The van der Waals surface area contributed by atoms with Crippen LogP contribution in [-0.2, 0) is 10.1 Å². The standard InChI is InChI=1S/C18H16O4S.K/c1-11-13-7-3-4-8-14-12(2)16-10-6-5-9-15(11)18(16,17(13,14)19)23(20,21)22;/h3-10,19H,1-2H3,(H,20,21,22);/q;+1/p-1. The second kappa shape index (κ2) is 5.59. The molecular formula is C18H15KO4S. The van der Waals surface area contributed by atoms with Crippen molar-refractivity contribution < 1.29 is 69.5 Å². The Hall–Kier alpha value is -0.314. The van der Waals surface area contributed by atoms with Gasteiger partial charge in [-0.1, -0.05) is 48.6 Å². The average molecular weight is 366 g/mol. The molecule has 0 saturated heterocycles. The first-order valence-corrected chi connectivity index (χ1v) is 8.74. The monoisotopic (exact) mass is 366 g/mol. The Morgan fingerprint density at radius 1 is 0.917 bits per heavy atom. The maximum atomic E-state index is 12.5. The van der Waals surface area contributed by atoms with E-state index < -0.39 is 20.5 Å². The first-order valence-electron chi connectivity index (χ1n) is 7.33. The number of hydrogen-bond acceptors (Lipinski definition) is 4. The van der Waals surface area contributed by atoms with Gasteiger partial charge in [-0.3, -0.25) is 0 Å². The number of allylic oxidation sites excluding steroid dienone is 8. The molecule has 0 amide bonds. The van der Waals surface area contributed by atoms with Crippen LogP contribution in [0.4, 0.5) is 0 Å². The fourth-order valence-corrected chi connectivity index (χ4v) is 6.02. The summed E-state index contributed by atoms with van der Waals surface area (Å²) in [6.45, 7) is 3.51. The van der Waals surface area contributed by atoms with Crippen molar-refractivity contribution >= 4 is 10.1 Å². The van der Waals surface area contributed by atoms with E-state index in [-0.39, 0.29) is 51.4 Å². The normalized spacial score (nSPS) is 33.0. The maximum absolute atomic E-state index is 12.5. The van der Waals surface area contributed by atoms with Crippen LogP contribution in [-0.4, -0.2) is 28.4 Å². The van der Waals surface area contributed by atoms with Crippen LogP contribution in [0.25, 0.3) is 0 Å². The fourth-order valence-electron chi connectivity index (χ4n) is 4.45. The van der Waals surface area contributed by atoms with E-state index >= 15 is 0 Å². The Kier molecular flexibility index (Phi) is 4.30. The zero-order chi connectivity index (χ0) is 16.6. The van der Waals surface area contributed by atoms with Crippen LogP contribution < -0.4 is 51.4 Å². The van der Waals surface area contributed by atoms with Gasteiger partial charge in [0.2, 0.25) is 0 Å². The molecular weight excluding hydrogens is 351 g/mol. The molecule has 0 bridgehead atoms. The SMILES string of the molecule is CC1=C2C=CC=CC3=C(C)C4=CC=CC=C1C4(O)C23S(=O)(=O)[O-].[K+]. The summed E-state index contributed by atoms with van der Waals surface area (Å²) in [6.07, 6.45) is 13.6. The Bertz CT molecular complexity index is 912. The Labute approximate surface area is 183 Å². The van der Waals surface area contributed by atoms with Gasteiger partial charge in [0.1, 0.15) is 20.5 Å². The van der Waals surface area contributed by atoms with Crippen LogP contribution in [0.5, 0.6) is 0 Å². The molecule has 0 saturated carbocycles. The van der Waals surface area contributed by atoms with Crippen LogP contribution in [0.2, 0.25) is 0 Å². The van der Waals surface area contributed by atoms with Gasteiger partial charge in [0.15, 0.2) is 0 Å². The van der Waals surface area contributed by atoms with Gasteiger partial charge in [-0.15, -0.1) is 0 Å². The van der Waals surface area contributed by atoms with Gasteiger partial charge in [0, 0.05) is 0 Å². The summed E-state index contributed by atoms with van der Waals surface area (Å²) in [7, 11) is -4.89. The van der Waals surface area contributed by atoms with Crippen molar-refractivity contribution in [3.8, 4) is 0 Å². The average Bonchev–Trinajstić information content (AvgIpc) is 2.71. The third-order valence-electron chi connectivity index (χ3n) is 5.31. The van der Waals surface area contributed by atoms with Crippen molar-refractivity contribution in [3.63, 3.8) is 0 Å². The van der Waals surface area contributed by atoms with Crippen molar-refractivity contribution in [2.75, 3.05) is 0 Å². The molecule has 4 aliphatic rings. The van der Waals surface area contributed by atoms with E-state index in [1.807, 2.05) is 0 Å². The summed E-state index contributed by atoms with van der Waals surface area (Å²) in [6, 6.07) is 0. The van der Waals surface area contributed by atoms with Gasteiger partial charge in [-0.2, -0.15) is 0 Å². The minimum Gasteiger partial charge on any atom is -0.747 e. The number of aliphatic hydroxyl groups is 1. The predicted molar refractivity (Wildman–Crippen MR) is 86.4 cm³/mol. The largest absolute Gasteiger partial charge is 1.00 e. The molecule has 1 N–H and O–H groups in total. The van der Waals surface area contributed by atoms with E-state index in [9.17, 15) is 18.1 Å². The second-order valence-corrected chi connectivity index (χ2v) is 7.71. The molecule has 0 atom stereocenters. The van der Waals surface area contributed by atoms with E-state index in [2.05, 4.69) is 0 Å². The van der Waals surface area contributed by atoms with Gasteiger partial charge in [0.25, 0.3) is 0 Å². The van der Waals surface area contributed by atoms with Crippen LogP contribution in [0.1, 0.15) is 13.8 Å². The molecule has 4 nitrogen and oxygen atoms in total. The van der Waals surface area contributed by atoms with Gasteiger partial charge in [-0.05, 0) is 47.3 Å². The van der Waals surface area contributed by atoms with Crippen LogP contribution in [0.15, 0.2) is 82.0 Å². The molecule has 0 radical (unpaired) electrons. The van der Waals surface area contributed by atoms with Gasteiger partial charge in [0.05, 0.1) is 0 Å². The molecule has 0 heterocycles. The van der Waals surface area contributed by atoms with Crippen molar-refractivity contribution in [2.24, 2.45) is 0 Å². The summed E-state index contributed by atoms with van der Waals surface area (Å²) < 4.78 is 35.5. The van der Waals surface area contributed by atoms with Crippen molar-refractivity contribution in [2.45, 2.75) is 24.2 Å². The molecule has 0 aromatic carbocycles. The quantitative estimate of drug-likeness (QED) is 0.488. The smallest absolute Gasteiger partial charge is 0.747 e. The van der Waals surface area contributed by atoms with E-state index in [0.29, 0.717) is 33.4 Å². The maximum Gasteiger partial charge on any atom is 1.00 e. The molecule has 4 aliphatic carbocycles. The Morgan fingerprint density at radius 2 is 1.33 bits per heavy atom. The molecule has 6 heteroatoms. The molecule has 0 unspecified atom stereocenters. The molecule has 4 rings (SSSR count). The van der Waals surface area contributed by atoms with Gasteiger partial charge in [-0.25, -0.2) is 8.42 Å². The molecule has 0 aliphatic heterocycles. The van der Waals surface area contributed by atoms with Gasteiger partial charge >= 0.3 is 51.4 Å². The molecule has 0 spiro atoms. The molecule has 118 valence electrons.